The van der Waals surface area contributed by atoms with Gasteiger partial charge in [-0.2, -0.15) is 0 Å². The minimum absolute atomic E-state index is 0.121. The molecule has 0 unspecified atom stereocenters. The van der Waals surface area contributed by atoms with Gasteiger partial charge in [0, 0.05) is 18.9 Å². The first-order valence-electron chi connectivity index (χ1n) is 9.67. The highest BCUT2D eigenvalue weighted by Gasteiger charge is 2.24. The average Bonchev–Trinajstić information content (AvgIpc) is 3.24. The zero-order chi connectivity index (χ0) is 21.7. The van der Waals surface area contributed by atoms with Gasteiger partial charge in [-0.25, -0.2) is 13.4 Å². The number of nitrogens with one attached hydrogen (secondary N) is 1. The lowest BCUT2D eigenvalue weighted by atomic mass is 10.0. The van der Waals surface area contributed by atoms with Crippen LogP contribution in [-0.2, 0) is 21.4 Å². The SMILES string of the molecule is CC(C)c1ccccc1N(CC(=O)NCc1ccccc1-n1ccnc1)S(C)(=O)=O. The van der Waals surface area contributed by atoms with Crippen LogP contribution in [0.4, 0.5) is 5.69 Å². The normalized spacial score (nSPS) is 11.5. The zero-order valence-corrected chi connectivity index (χ0v) is 18.1. The Labute approximate surface area is 177 Å². The zero-order valence-electron chi connectivity index (χ0n) is 17.3. The van der Waals surface area contributed by atoms with Gasteiger partial charge >= 0.3 is 0 Å². The number of nitrogens with zero attached hydrogens (tertiary/aromatic N) is 3. The number of amides is 1. The van der Waals surface area contributed by atoms with Gasteiger partial charge in [0.1, 0.15) is 6.54 Å². The Morgan fingerprint density at radius 2 is 1.83 bits per heavy atom. The second-order valence-electron chi connectivity index (χ2n) is 7.36. The van der Waals surface area contributed by atoms with Gasteiger partial charge in [0.2, 0.25) is 15.9 Å². The number of para-hydroxylation sites is 2. The van der Waals surface area contributed by atoms with Crippen LogP contribution in [0.5, 0.6) is 0 Å². The Balaban J connectivity index is 1.78. The van der Waals surface area contributed by atoms with Gasteiger partial charge in [-0.15, -0.1) is 0 Å². The smallest absolute Gasteiger partial charge is 0.241 e. The summed E-state index contributed by atoms with van der Waals surface area (Å²) >= 11 is 0. The minimum Gasteiger partial charge on any atom is -0.350 e. The number of hydrogen-bond donors (Lipinski definition) is 1. The van der Waals surface area contributed by atoms with E-state index in [1.165, 1.54) is 4.31 Å². The molecule has 3 rings (SSSR count). The van der Waals surface area contributed by atoms with E-state index >= 15 is 0 Å². The molecule has 0 atom stereocenters. The maximum atomic E-state index is 12.7. The molecule has 158 valence electrons. The molecule has 0 spiro atoms. The molecule has 8 heteroatoms. The molecule has 1 amide bonds. The molecule has 0 aliphatic carbocycles. The largest absolute Gasteiger partial charge is 0.350 e. The summed E-state index contributed by atoms with van der Waals surface area (Å²) in [5, 5.41) is 2.84. The summed E-state index contributed by atoms with van der Waals surface area (Å²) in [4.78, 5) is 16.7. The van der Waals surface area contributed by atoms with Crippen LogP contribution in [0, 0.1) is 0 Å². The number of benzene rings is 2. The lowest BCUT2D eigenvalue weighted by Gasteiger charge is -2.25. The molecule has 1 aromatic heterocycles. The maximum Gasteiger partial charge on any atom is 0.241 e. The van der Waals surface area contributed by atoms with Gasteiger partial charge in [-0.3, -0.25) is 9.10 Å². The molecule has 1 N–H and O–H groups in total. The van der Waals surface area contributed by atoms with Gasteiger partial charge in [0.05, 0.1) is 24.0 Å². The van der Waals surface area contributed by atoms with Crippen molar-refractivity contribution in [1.82, 2.24) is 14.9 Å². The van der Waals surface area contributed by atoms with Gasteiger partial charge < -0.3 is 9.88 Å². The third kappa shape index (κ3) is 5.07. The fourth-order valence-corrected chi connectivity index (χ4v) is 4.15. The molecular weight excluding hydrogens is 400 g/mol. The van der Waals surface area contributed by atoms with Crippen LogP contribution in [0.25, 0.3) is 5.69 Å². The summed E-state index contributed by atoms with van der Waals surface area (Å²) < 4.78 is 28.0. The van der Waals surface area contributed by atoms with Crippen molar-refractivity contribution in [3.8, 4) is 5.69 Å². The Bertz CT molecular complexity index is 1110. The van der Waals surface area contributed by atoms with E-state index in [2.05, 4.69) is 10.3 Å². The Morgan fingerprint density at radius 1 is 1.13 bits per heavy atom. The van der Waals surface area contributed by atoms with Crippen LogP contribution in [0.1, 0.15) is 30.9 Å². The van der Waals surface area contributed by atoms with Crippen molar-refractivity contribution in [3.05, 3.63) is 78.4 Å². The van der Waals surface area contributed by atoms with Crippen LogP contribution in [0.2, 0.25) is 0 Å². The van der Waals surface area contributed by atoms with E-state index in [9.17, 15) is 13.2 Å². The lowest BCUT2D eigenvalue weighted by Crippen LogP contribution is -2.40. The van der Waals surface area contributed by atoms with Crippen LogP contribution >= 0.6 is 0 Å². The van der Waals surface area contributed by atoms with E-state index in [1.54, 1.807) is 24.7 Å². The van der Waals surface area contributed by atoms with Crippen molar-refractivity contribution >= 4 is 21.6 Å². The van der Waals surface area contributed by atoms with Crippen molar-refractivity contribution in [1.29, 1.82) is 0 Å². The van der Waals surface area contributed by atoms with Crippen molar-refractivity contribution in [2.45, 2.75) is 26.3 Å². The van der Waals surface area contributed by atoms with E-state index in [4.69, 9.17) is 0 Å². The van der Waals surface area contributed by atoms with Gasteiger partial charge in [-0.1, -0.05) is 50.2 Å². The third-order valence-corrected chi connectivity index (χ3v) is 5.89. The summed E-state index contributed by atoms with van der Waals surface area (Å²) in [6.07, 6.45) is 6.32. The first-order valence-corrected chi connectivity index (χ1v) is 11.5. The quantitative estimate of drug-likeness (QED) is 0.600. The molecule has 2 aromatic carbocycles. The van der Waals surface area contributed by atoms with E-state index in [0.29, 0.717) is 5.69 Å². The van der Waals surface area contributed by atoms with E-state index in [-0.39, 0.29) is 24.9 Å². The number of carbonyl (C=O) groups is 1. The topological polar surface area (TPSA) is 84.3 Å². The summed E-state index contributed by atoms with van der Waals surface area (Å²) in [5.41, 5.74) is 3.21. The molecule has 0 fully saturated rings. The van der Waals surface area contributed by atoms with E-state index < -0.39 is 10.0 Å². The van der Waals surface area contributed by atoms with Gasteiger partial charge in [0.15, 0.2) is 0 Å². The molecule has 0 bridgehead atoms. The number of imidazole rings is 1. The molecule has 0 saturated heterocycles. The summed E-state index contributed by atoms with van der Waals surface area (Å²) in [6.45, 7) is 3.98. The predicted octanol–water partition coefficient (Wildman–Crippen LogP) is 3.08. The fraction of sp³-hybridized carbons (Fsp3) is 0.273. The van der Waals surface area contributed by atoms with Crippen molar-refractivity contribution < 1.29 is 13.2 Å². The third-order valence-electron chi connectivity index (χ3n) is 4.77. The first kappa shape index (κ1) is 21.6. The molecule has 3 aromatic rings. The number of carbonyl (C=O) groups excluding carboxylic acids is 1. The standard InChI is InChI=1S/C22H26N4O3S/c1-17(2)19-9-5-7-11-21(19)26(30(3,28)29)15-22(27)24-14-18-8-4-6-10-20(18)25-13-12-23-16-25/h4-13,16-17H,14-15H2,1-3H3,(H,24,27). The van der Waals surface area contributed by atoms with Crippen molar-refractivity contribution in [2.75, 3.05) is 17.1 Å². The highest BCUT2D eigenvalue weighted by molar-refractivity contribution is 7.92. The number of anilines is 1. The molecule has 0 radical (unpaired) electrons. The van der Waals surface area contributed by atoms with Crippen LogP contribution < -0.4 is 9.62 Å². The second-order valence-corrected chi connectivity index (χ2v) is 9.27. The molecule has 0 aliphatic rings. The molecule has 0 saturated carbocycles. The first-order chi connectivity index (χ1) is 14.3. The molecule has 0 aliphatic heterocycles. The Morgan fingerprint density at radius 3 is 2.50 bits per heavy atom. The van der Waals surface area contributed by atoms with Gasteiger partial charge in [-0.05, 0) is 29.2 Å². The molecule has 1 heterocycles. The highest BCUT2D eigenvalue weighted by Crippen LogP contribution is 2.28. The molecular formula is C22H26N4O3S. The maximum absolute atomic E-state index is 12.7. The lowest BCUT2D eigenvalue weighted by molar-refractivity contribution is -0.119. The summed E-state index contributed by atoms with van der Waals surface area (Å²) in [5.74, 6) is -0.255. The van der Waals surface area contributed by atoms with E-state index in [1.807, 2.05) is 61.0 Å². The van der Waals surface area contributed by atoms with Crippen LogP contribution in [0.3, 0.4) is 0 Å². The van der Waals surface area contributed by atoms with Gasteiger partial charge in [0.25, 0.3) is 0 Å². The second kappa shape index (κ2) is 9.13. The monoisotopic (exact) mass is 426 g/mol. The fourth-order valence-electron chi connectivity index (χ4n) is 3.28. The Kier molecular flexibility index (Phi) is 6.56. The molecule has 7 nitrogen and oxygen atoms in total. The molecule has 30 heavy (non-hydrogen) atoms. The number of sulfonamides is 1. The van der Waals surface area contributed by atoms with Crippen molar-refractivity contribution in [2.24, 2.45) is 0 Å². The number of rotatable bonds is 8. The summed E-state index contributed by atoms with van der Waals surface area (Å²) in [7, 11) is -3.64. The predicted molar refractivity (Wildman–Crippen MR) is 118 cm³/mol. The number of aromatic nitrogens is 2. The minimum atomic E-state index is -3.64. The van der Waals surface area contributed by atoms with E-state index in [0.717, 1.165) is 23.1 Å². The summed E-state index contributed by atoms with van der Waals surface area (Å²) in [6, 6.07) is 14.9. The van der Waals surface area contributed by atoms with Crippen LogP contribution in [-0.4, -0.2) is 36.7 Å². The average molecular weight is 427 g/mol. The van der Waals surface area contributed by atoms with Crippen LogP contribution in [0.15, 0.2) is 67.3 Å². The highest BCUT2D eigenvalue weighted by atomic mass is 32.2. The van der Waals surface area contributed by atoms with Crippen molar-refractivity contribution in [3.63, 3.8) is 0 Å². The Hall–Kier alpha value is -3.13. The number of hydrogen-bond acceptors (Lipinski definition) is 4.